The summed E-state index contributed by atoms with van der Waals surface area (Å²) >= 11 is 0. The number of ether oxygens (including phenoxy) is 2. The van der Waals surface area contributed by atoms with Crippen molar-refractivity contribution in [2.24, 2.45) is 7.05 Å². The zero-order chi connectivity index (χ0) is 22.2. The smallest absolute Gasteiger partial charge is 0.272 e. The maximum absolute atomic E-state index is 13.2. The van der Waals surface area contributed by atoms with Crippen molar-refractivity contribution in [1.29, 1.82) is 0 Å². The molecule has 3 heterocycles. The van der Waals surface area contributed by atoms with Crippen LogP contribution in [0.3, 0.4) is 0 Å². The minimum Gasteiger partial charge on any atom is -0.493 e. The molecule has 32 heavy (non-hydrogen) atoms. The normalized spacial score (nSPS) is 13.4. The van der Waals surface area contributed by atoms with Crippen LogP contribution in [0.2, 0.25) is 0 Å². The maximum Gasteiger partial charge on any atom is 0.272 e. The van der Waals surface area contributed by atoms with E-state index in [0.717, 1.165) is 33.3 Å². The summed E-state index contributed by atoms with van der Waals surface area (Å²) in [5, 5.41) is 5.38. The van der Waals surface area contributed by atoms with Crippen molar-refractivity contribution in [2.45, 2.75) is 13.5 Å². The summed E-state index contributed by atoms with van der Waals surface area (Å²) in [7, 11) is 3.42. The van der Waals surface area contributed by atoms with Crippen molar-refractivity contribution >= 4 is 16.8 Å². The summed E-state index contributed by atoms with van der Waals surface area (Å²) in [5.41, 5.74) is 5.17. The van der Waals surface area contributed by atoms with E-state index < -0.39 is 0 Å². The van der Waals surface area contributed by atoms with E-state index in [1.807, 2.05) is 49.5 Å². The van der Waals surface area contributed by atoms with E-state index in [1.54, 1.807) is 23.7 Å². The van der Waals surface area contributed by atoms with Gasteiger partial charge in [0.2, 0.25) is 0 Å². The van der Waals surface area contributed by atoms with Gasteiger partial charge in [0.05, 0.1) is 24.9 Å². The Hall–Kier alpha value is -3.87. The Balaban J connectivity index is 1.54. The number of rotatable bonds is 3. The van der Waals surface area contributed by atoms with E-state index >= 15 is 0 Å². The van der Waals surface area contributed by atoms with Crippen LogP contribution >= 0.6 is 0 Å². The van der Waals surface area contributed by atoms with Gasteiger partial charge in [-0.2, -0.15) is 5.10 Å². The average Bonchev–Trinajstić information content (AvgIpc) is 3.01. The highest BCUT2D eigenvalue weighted by molar-refractivity contribution is 5.93. The van der Waals surface area contributed by atoms with Crippen molar-refractivity contribution in [1.82, 2.24) is 19.7 Å². The molecular formula is C25H24N4O3. The third kappa shape index (κ3) is 3.56. The zero-order valence-electron chi connectivity index (χ0n) is 18.3. The van der Waals surface area contributed by atoms with Crippen LogP contribution in [0.15, 0.2) is 54.7 Å². The van der Waals surface area contributed by atoms with Crippen LogP contribution in [0.4, 0.5) is 0 Å². The average molecular weight is 428 g/mol. The molecule has 0 aliphatic carbocycles. The predicted octanol–water partition coefficient (Wildman–Crippen LogP) is 3.99. The highest BCUT2D eigenvalue weighted by atomic mass is 16.5. The SMILES string of the molecule is COc1cc(-c2cnc3ccccc3c2)cc2c1OCCN(C(=O)c1cc(C)nn1C)C2. The number of aryl methyl sites for hydroxylation is 2. The summed E-state index contributed by atoms with van der Waals surface area (Å²) in [6.07, 6.45) is 1.86. The number of aromatic nitrogens is 3. The lowest BCUT2D eigenvalue weighted by Gasteiger charge is -2.20. The quantitative estimate of drug-likeness (QED) is 0.494. The summed E-state index contributed by atoms with van der Waals surface area (Å²) in [4.78, 5) is 19.6. The van der Waals surface area contributed by atoms with Gasteiger partial charge in [-0.25, -0.2) is 0 Å². The molecule has 0 radical (unpaired) electrons. The second kappa shape index (κ2) is 8.00. The Morgan fingerprint density at radius 3 is 2.75 bits per heavy atom. The van der Waals surface area contributed by atoms with Gasteiger partial charge in [-0.1, -0.05) is 18.2 Å². The van der Waals surface area contributed by atoms with Crippen molar-refractivity contribution in [3.63, 3.8) is 0 Å². The fourth-order valence-corrected chi connectivity index (χ4v) is 4.18. The third-order valence-electron chi connectivity index (χ3n) is 5.75. The summed E-state index contributed by atoms with van der Waals surface area (Å²) < 4.78 is 13.3. The molecule has 2 aromatic carbocycles. The van der Waals surface area contributed by atoms with Crippen molar-refractivity contribution in [3.8, 4) is 22.6 Å². The van der Waals surface area contributed by atoms with E-state index in [0.29, 0.717) is 36.9 Å². The number of benzene rings is 2. The van der Waals surface area contributed by atoms with Crippen LogP contribution in [0.25, 0.3) is 22.0 Å². The Bertz CT molecular complexity index is 1330. The molecule has 7 heteroatoms. The molecule has 5 rings (SSSR count). The van der Waals surface area contributed by atoms with Gasteiger partial charge in [0.1, 0.15) is 12.3 Å². The number of nitrogens with zero attached hydrogens (tertiary/aromatic N) is 4. The van der Waals surface area contributed by atoms with Gasteiger partial charge in [0.15, 0.2) is 11.5 Å². The minimum absolute atomic E-state index is 0.0682. The van der Waals surface area contributed by atoms with Crippen LogP contribution in [0.1, 0.15) is 21.7 Å². The molecule has 4 aromatic rings. The number of hydrogen-bond acceptors (Lipinski definition) is 5. The number of pyridine rings is 1. The first-order chi connectivity index (χ1) is 15.5. The summed E-state index contributed by atoms with van der Waals surface area (Å²) in [6, 6.07) is 16.0. The lowest BCUT2D eigenvalue weighted by Crippen LogP contribution is -2.33. The first-order valence-corrected chi connectivity index (χ1v) is 10.5. The number of fused-ring (bicyclic) bond motifs is 2. The molecule has 162 valence electrons. The third-order valence-corrected chi connectivity index (χ3v) is 5.75. The number of para-hydroxylation sites is 1. The highest BCUT2D eigenvalue weighted by Crippen LogP contribution is 2.38. The van der Waals surface area contributed by atoms with E-state index in [4.69, 9.17) is 9.47 Å². The van der Waals surface area contributed by atoms with Crippen molar-refractivity contribution in [2.75, 3.05) is 20.3 Å². The van der Waals surface area contributed by atoms with Crippen LogP contribution in [-0.2, 0) is 13.6 Å². The molecule has 0 spiro atoms. The van der Waals surface area contributed by atoms with Crippen LogP contribution in [-0.4, -0.2) is 45.8 Å². The van der Waals surface area contributed by atoms with E-state index in [1.165, 1.54) is 0 Å². The van der Waals surface area contributed by atoms with Gasteiger partial charge in [-0.05, 0) is 42.8 Å². The second-order valence-corrected chi connectivity index (χ2v) is 7.95. The number of carbonyl (C=O) groups excluding carboxylic acids is 1. The molecule has 1 aliphatic rings. The van der Waals surface area contributed by atoms with Crippen LogP contribution < -0.4 is 9.47 Å². The predicted molar refractivity (Wildman–Crippen MR) is 122 cm³/mol. The minimum atomic E-state index is -0.0682. The Labute approximate surface area is 186 Å². The lowest BCUT2D eigenvalue weighted by atomic mass is 10.0. The highest BCUT2D eigenvalue weighted by Gasteiger charge is 2.26. The molecule has 0 N–H and O–H groups in total. The molecule has 1 amide bonds. The van der Waals surface area contributed by atoms with Gasteiger partial charge in [0, 0.05) is 36.3 Å². The van der Waals surface area contributed by atoms with E-state index in [-0.39, 0.29) is 5.91 Å². The molecular weight excluding hydrogens is 404 g/mol. The number of carbonyl (C=O) groups is 1. The fraction of sp³-hybridized carbons (Fsp3) is 0.240. The van der Waals surface area contributed by atoms with Crippen LogP contribution in [0.5, 0.6) is 11.5 Å². The van der Waals surface area contributed by atoms with Gasteiger partial charge >= 0.3 is 0 Å². The molecule has 7 nitrogen and oxygen atoms in total. The van der Waals surface area contributed by atoms with Crippen molar-refractivity contribution in [3.05, 3.63) is 71.7 Å². The Morgan fingerprint density at radius 2 is 1.97 bits per heavy atom. The largest absolute Gasteiger partial charge is 0.493 e. The van der Waals surface area contributed by atoms with E-state index in [2.05, 4.69) is 22.2 Å². The van der Waals surface area contributed by atoms with Gasteiger partial charge in [-0.3, -0.25) is 14.5 Å². The zero-order valence-corrected chi connectivity index (χ0v) is 18.3. The standard InChI is InChI=1S/C25H24N4O3/c1-16-10-22(28(2)27-16)25(30)29-8-9-32-24-20(15-29)12-18(13-23(24)31-3)19-11-17-6-4-5-7-21(17)26-14-19/h4-7,10-14H,8-9,15H2,1-3H3. The monoisotopic (exact) mass is 428 g/mol. The lowest BCUT2D eigenvalue weighted by molar-refractivity contribution is 0.0722. The molecule has 0 fully saturated rings. The molecule has 0 saturated carbocycles. The first kappa shape index (κ1) is 20.1. The Morgan fingerprint density at radius 1 is 1.12 bits per heavy atom. The van der Waals surface area contributed by atoms with E-state index in [9.17, 15) is 4.79 Å². The molecule has 0 unspecified atom stereocenters. The summed E-state index contributed by atoms with van der Waals surface area (Å²) in [5.74, 6) is 1.26. The maximum atomic E-state index is 13.2. The van der Waals surface area contributed by atoms with Gasteiger partial charge in [-0.15, -0.1) is 0 Å². The number of methoxy groups -OCH3 is 1. The first-order valence-electron chi connectivity index (χ1n) is 10.5. The molecule has 0 saturated heterocycles. The molecule has 0 bridgehead atoms. The fourth-order valence-electron chi connectivity index (χ4n) is 4.18. The topological polar surface area (TPSA) is 69.5 Å². The molecule has 2 aromatic heterocycles. The van der Waals surface area contributed by atoms with Crippen LogP contribution in [0, 0.1) is 6.92 Å². The van der Waals surface area contributed by atoms with Gasteiger partial charge in [0.25, 0.3) is 5.91 Å². The molecule has 0 atom stereocenters. The van der Waals surface area contributed by atoms with Crippen molar-refractivity contribution < 1.29 is 14.3 Å². The number of amides is 1. The van der Waals surface area contributed by atoms with Gasteiger partial charge < -0.3 is 14.4 Å². The molecule has 1 aliphatic heterocycles. The second-order valence-electron chi connectivity index (χ2n) is 7.95. The summed E-state index contributed by atoms with van der Waals surface area (Å²) in [6.45, 7) is 3.17. The number of hydrogen-bond donors (Lipinski definition) is 0. The Kier molecular flexibility index (Phi) is 5.01.